The Labute approximate surface area is 236 Å². The molecule has 0 aromatic carbocycles. The molecule has 2 fully saturated rings. The predicted molar refractivity (Wildman–Crippen MR) is 158 cm³/mol. The third-order valence-electron chi connectivity index (χ3n) is 9.09. The van der Waals surface area contributed by atoms with E-state index >= 15 is 0 Å². The lowest BCUT2D eigenvalue weighted by Crippen LogP contribution is -2.44. The Bertz CT molecular complexity index is 610. The highest BCUT2D eigenvalue weighted by Gasteiger charge is 2.43. The van der Waals surface area contributed by atoms with Gasteiger partial charge in [-0.05, 0) is 50.2 Å². The summed E-state index contributed by atoms with van der Waals surface area (Å²) in [4.78, 5) is 0. The summed E-state index contributed by atoms with van der Waals surface area (Å²) in [5, 5.41) is 10.9. The fourth-order valence-electron chi connectivity index (χ4n) is 5.46. The highest BCUT2D eigenvalue weighted by atomic mass is 28.4. The molecule has 226 valence electrons. The van der Waals surface area contributed by atoms with E-state index in [1.54, 1.807) is 7.11 Å². The van der Waals surface area contributed by atoms with Gasteiger partial charge in [0.15, 0.2) is 8.32 Å². The molecule has 2 aliphatic rings. The van der Waals surface area contributed by atoms with Crippen molar-refractivity contribution in [3.63, 3.8) is 0 Å². The minimum absolute atomic E-state index is 0.0490. The van der Waals surface area contributed by atoms with Gasteiger partial charge in [-0.25, -0.2) is 0 Å². The van der Waals surface area contributed by atoms with Crippen molar-refractivity contribution in [2.24, 2.45) is 0 Å². The summed E-state index contributed by atoms with van der Waals surface area (Å²) in [6, 6.07) is 0. The van der Waals surface area contributed by atoms with Crippen molar-refractivity contribution in [3.05, 3.63) is 0 Å². The quantitative estimate of drug-likeness (QED) is 0.0935. The van der Waals surface area contributed by atoms with E-state index in [1.165, 1.54) is 64.2 Å². The Balaban J connectivity index is 1.69. The van der Waals surface area contributed by atoms with Gasteiger partial charge < -0.3 is 28.5 Å². The molecule has 0 amide bonds. The standard InChI is InChI=1S/C31H62O6Si/c1-8-9-10-11-12-13-14-15-16-17-18-27(34-24-33-5)28-21-22-30(37-28)29-20-19-26(36-29)25(32)23-35-38(6,7)31(2,3)4/h25-30,32H,8-24H2,1-7H3/t25-,26+,27-,28+,29+,30+/m0/s1. The molecule has 2 aliphatic heterocycles. The van der Waals surface area contributed by atoms with Gasteiger partial charge in [-0.2, -0.15) is 0 Å². The molecule has 0 spiro atoms. The number of hydrogen-bond donors (Lipinski definition) is 1. The van der Waals surface area contributed by atoms with Crippen LogP contribution in [0.1, 0.15) is 124 Å². The van der Waals surface area contributed by atoms with Crippen molar-refractivity contribution in [2.75, 3.05) is 20.5 Å². The second-order valence-electron chi connectivity index (χ2n) is 13.3. The zero-order valence-electron chi connectivity index (χ0n) is 26.0. The van der Waals surface area contributed by atoms with E-state index in [0.717, 1.165) is 32.1 Å². The van der Waals surface area contributed by atoms with Crippen LogP contribution in [-0.2, 0) is 23.4 Å². The van der Waals surface area contributed by atoms with Crippen LogP contribution in [0.2, 0.25) is 18.1 Å². The first kappa shape index (κ1) is 34.2. The maximum atomic E-state index is 10.8. The second-order valence-corrected chi connectivity index (χ2v) is 18.1. The van der Waals surface area contributed by atoms with Crippen molar-refractivity contribution in [2.45, 2.75) is 179 Å². The smallest absolute Gasteiger partial charge is 0.192 e. The van der Waals surface area contributed by atoms with Crippen LogP contribution in [0.25, 0.3) is 0 Å². The van der Waals surface area contributed by atoms with Crippen molar-refractivity contribution in [3.8, 4) is 0 Å². The molecule has 0 radical (unpaired) electrons. The Hall–Kier alpha value is -0.0231. The van der Waals surface area contributed by atoms with E-state index in [1.807, 2.05) is 0 Å². The number of rotatable bonds is 20. The van der Waals surface area contributed by atoms with Crippen molar-refractivity contribution in [1.29, 1.82) is 0 Å². The van der Waals surface area contributed by atoms with Gasteiger partial charge in [-0.1, -0.05) is 91.9 Å². The van der Waals surface area contributed by atoms with E-state index in [-0.39, 0.29) is 35.6 Å². The summed E-state index contributed by atoms with van der Waals surface area (Å²) in [5.41, 5.74) is 0. The van der Waals surface area contributed by atoms with Crippen molar-refractivity contribution < 1.29 is 28.5 Å². The summed E-state index contributed by atoms with van der Waals surface area (Å²) in [5.74, 6) is 0. The van der Waals surface area contributed by atoms with Crippen LogP contribution < -0.4 is 0 Å². The number of hydrogen-bond acceptors (Lipinski definition) is 6. The van der Waals surface area contributed by atoms with Gasteiger partial charge in [0.05, 0.1) is 37.1 Å². The first-order valence-corrected chi connectivity index (χ1v) is 18.7. The van der Waals surface area contributed by atoms with Gasteiger partial charge in [0.2, 0.25) is 0 Å². The van der Waals surface area contributed by atoms with E-state index in [0.29, 0.717) is 13.4 Å². The Morgan fingerprint density at radius 1 is 0.816 bits per heavy atom. The third-order valence-corrected chi connectivity index (χ3v) is 13.6. The van der Waals surface area contributed by atoms with Gasteiger partial charge in [0.25, 0.3) is 0 Å². The SMILES string of the molecule is CCCCCCCCCCCC[C@H](OCOC)[C@H]1CC[C@H]([C@H]2CC[C@H]([C@@H](O)CO[Si](C)(C)C(C)(C)C)O2)O1. The molecule has 0 aromatic rings. The summed E-state index contributed by atoms with van der Waals surface area (Å²) in [6.45, 7) is 14.1. The minimum atomic E-state index is -1.89. The fourth-order valence-corrected chi connectivity index (χ4v) is 6.48. The van der Waals surface area contributed by atoms with Crippen LogP contribution in [0.3, 0.4) is 0 Å². The summed E-state index contributed by atoms with van der Waals surface area (Å²) in [6.07, 6.45) is 17.7. The lowest BCUT2D eigenvalue weighted by Gasteiger charge is -2.37. The van der Waals surface area contributed by atoms with Crippen molar-refractivity contribution >= 4 is 8.32 Å². The molecule has 6 nitrogen and oxygen atoms in total. The second kappa shape index (κ2) is 17.7. The average molecular weight is 559 g/mol. The number of methoxy groups -OCH3 is 1. The van der Waals surface area contributed by atoms with Gasteiger partial charge in [-0.3, -0.25) is 0 Å². The lowest BCUT2D eigenvalue weighted by atomic mass is 10.0. The average Bonchev–Trinajstić information content (AvgIpc) is 3.55. The number of aliphatic hydroxyl groups is 1. The molecule has 6 atom stereocenters. The van der Waals surface area contributed by atoms with E-state index in [2.05, 4.69) is 40.8 Å². The molecule has 2 heterocycles. The molecule has 2 rings (SSSR count). The summed E-state index contributed by atoms with van der Waals surface area (Å²) < 4.78 is 30.4. The largest absolute Gasteiger partial charge is 0.414 e. The zero-order chi connectivity index (χ0) is 28.0. The Kier molecular flexibility index (Phi) is 15.9. The summed E-state index contributed by atoms with van der Waals surface area (Å²) >= 11 is 0. The first-order valence-electron chi connectivity index (χ1n) is 15.8. The number of unbranched alkanes of at least 4 members (excludes halogenated alkanes) is 9. The highest BCUT2D eigenvalue weighted by molar-refractivity contribution is 6.74. The molecule has 0 unspecified atom stereocenters. The van der Waals surface area contributed by atoms with Gasteiger partial charge in [0, 0.05) is 7.11 Å². The molecule has 38 heavy (non-hydrogen) atoms. The Morgan fingerprint density at radius 2 is 1.34 bits per heavy atom. The molecule has 0 saturated carbocycles. The van der Waals surface area contributed by atoms with E-state index in [4.69, 9.17) is 23.4 Å². The zero-order valence-corrected chi connectivity index (χ0v) is 27.0. The normalized spacial score (nSPS) is 26.2. The van der Waals surface area contributed by atoms with E-state index in [9.17, 15) is 5.11 Å². The van der Waals surface area contributed by atoms with Gasteiger partial charge >= 0.3 is 0 Å². The lowest BCUT2D eigenvalue weighted by molar-refractivity contribution is -0.147. The number of ether oxygens (including phenoxy) is 4. The minimum Gasteiger partial charge on any atom is -0.414 e. The monoisotopic (exact) mass is 558 g/mol. The topological polar surface area (TPSA) is 66.4 Å². The van der Waals surface area contributed by atoms with E-state index < -0.39 is 14.4 Å². The highest BCUT2D eigenvalue weighted by Crippen LogP contribution is 2.38. The van der Waals surface area contributed by atoms with Crippen LogP contribution in [0, 0.1) is 0 Å². The van der Waals surface area contributed by atoms with Crippen LogP contribution in [0.15, 0.2) is 0 Å². The fraction of sp³-hybridized carbons (Fsp3) is 1.00. The number of aliphatic hydroxyl groups excluding tert-OH is 1. The molecule has 7 heteroatoms. The van der Waals surface area contributed by atoms with Crippen LogP contribution in [0.4, 0.5) is 0 Å². The first-order chi connectivity index (χ1) is 18.1. The maximum absolute atomic E-state index is 10.8. The molecule has 0 bridgehead atoms. The van der Waals surface area contributed by atoms with Gasteiger partial charge in [-0.15, -0.1) is 0 Å². The molecule has 2 saturated heterocycles. The molecule has 0 aliphatic carbocycles. The molecule has 1 N–H and O–H groups in total. The van der Waals surface area contributed by atoms with Gasteiger partial charge in [0.1, 0.15) is 12.9 Å². The Morgan fingerprint density at radius 3 is 1.89 bits per heavy atom. The van der Waals surface area contributed by atoms with Crippen LogP contribution in [0.5, 0.6) is 0 Å². The third kappa shape index (κ3) is 11.8. The summed E-state index contributed by atoms with van der Waals surface area (Å²) in [7, 11) is -0.203. The maximum Gasteiger partial charge on any atom is 0.192 e. The molecular weight excluding hydrogens is 496 g/mol. The van der Waals surface area contributed by atoms with Crippen LogP contribution >= 0.6 is 0 Å². The van der Waals surface area contributed by atoms with Crippen molar-refractivity contribution in [1.82, 2.24) is 0 Å². The molecule has 0 aromatic heterocycles. The predicted octanol–water partition coefficient (Wildman–Crippen LogP) is 7.76. The van der Waals surface area contributed by atoms with Crippen LogP contribution in [-0.4, -0.2) is 70.6 Å². The molecular formula is C31H62O6Si.